The molecule has 0 heterocycles. The molecule has 0 fully saturated rings. The van der Waals surface area contributed by atoms with Gasteiger partial charge in [-0.25, -0.2) is 0 Å². The van der Waals surface area contributed by atoms with Gasteiger partial charge in [0.05, 0.1) is 12.7 Å². The Morgan fingerprint density at radius 2 is 2.30 bits per heavy atom. The van der Waals surface area contributed by atoms with Gasteiger partial charge in [-0.15, -0.1) is 0 Å². The molecule has 0 radical (unpaired) electrons. The SMILES string of the molecule is C=C(C)CNC[C@H](O)CO. The van der Waals surface area contributed by atoms with Gasteiger partial charge in [-0.05, 0) is 6.92 Å². The summed E-state index contributed by atoms with van der Waals surface area (Å²) >= 11 is 0. The summed E-state index contributed by atoms with van der Waals surface area (Å²) in [5.41, 5.74) is 1.02. The van der Waals surface area contributed by atoms with E-state index in [0.29, 0.717) is 13.1 Å². The molecule has 3 heteroatoms. The van der Waals surface area contributed by atoms with Crippen LogP contribution < -0.4 is 5.32 Å². The van der Waals surface area contributed by atoms with E-state index in [0.717, 1.165) is 5.57 Å². The van der Waals surface area contributed by atoms with Crippen molar-refractivity contribution in [2.24, 2.45) is 0 Å². The molecule has 0 aliphatic carbocycles. The molecule has 0 saturated heterocycles. The van der Waals surface area contributed by atoms with Gasteiger partial charge >= 0.3 is 0 Å². The van der Waals surface area contributed by atoms with Gasteiger partial charge < -0.3 is 15.5 Å². The molecule has 0 aromatic rings. The first-order valence-electron chi connectivity index (χ1n) is 3.31. The molecule has 0 bridgehead atoms. The number of aliphatic hydroxyl groups excluding tert-OH is 2. The van der Waals surface area contributed by atoms with Crippen LogP contribution >= 0.6 is 0 Å². The van der Waals surface area contributed by atoms with E-state index in [1.807, 2.05) is 6.92 Å². The third-order valence-electron chi connectivity index (χ3n) is 1.02. The third-order valence-corrected chi connectivity index (χ3v) is 1.02. The van der Waals surface area contributed by atoms with Gasteiger partial charge in [-0.1, -0.05) is 12.2 Å². The maximum absolute atomic E-state index is 8.83. The Labute approximate surface area is 61.4 Å². The average molecular weight is 145 g/mol. The summed E-state index contributed by atoms with van der Waals surface area (Å²) < 4.78 is 0. The normalized spacial score (nSPS) is 13.1. The fraction of sp³-hybridized carbons (Fsp3) is 0.714. The summed E-state index contributed by atoms with van der Waals surface area (Å²) in [7, 11) is 0. The predicted octanol–water partition coefficient (Wildman–Crippen LogP) is -0.495. The molecule has 0 spiro atoms. The van der Waals surface area contributed by atoms with E-state index in [9.17, 15) is 0 Å². The fourth-order valence-corrected chi connectivity index (χ4v) is 0.517. The van der Waals surface area contributed by atoms with E-state index in [2.05, 4.69) is 11.9 Å². The van der Waals surface area contributed by atoms with Gasteiger partial charge in [-0.3, -0.25) is 0 Å². The molecule has 0 aliphatic heterocycles. The minimum atomic E-state index is -0.653. The van der Waals surface area contributed by atoms with E-state index < -0.39 is 6.10 Å². The molecule has 1 atom stereocenters. The van der Waals surface area contributed by atoms with Crippen LogP contribution in [0.2, 0.25) is 0 Å². The molecule has 0 aromatic carbocycles. The first-order valence-corrected chi connectivity index (χ1v) is 3.31. The second kappa shape index (κ2) is 5.41. The predicted molar refractivity (Wildman–Crippen MR) is 40.8 cm³/mol. The minimum Gasteiger partial charge on any atom is -0.394 e. The van der Waals surface area contributed by atoms with Crippen molar-refractivity contribution >= 4 is 0 Å². The van der Waals surface area contributed by atoms with E-state index >= 15 is 0 Å². The summed E-state index contributed by atoms with van der Waals surface area (Å²) in [5, 5.41) is 20.1. The van der Waals surface area contributed by atoms with Crippen LogP contribution in [0.5, 0.6) is 0 Å². The van der Waals surface area contributed by atoms with Crippen LogP contribution in [-0.4, -0.2) is 36.0 Å². The van der Waals surface area contributed by atoms with Gasteiger partial charge in [0.25, 0.3) is 0 Å². The average Bonchev–Trinajstić information content (AvgIpc) is 1.87. The first-order chi connectivity index (χ1) is 4.66. The van der Waals surface area contributed by atoms with Gasteiger partial charge in [0.1, 0.15) is 0 Å². The van der Waals surface area contributed by atoms with Gasteiger partial charge in [0, 0.05) is 13.1 Å². The molecule has 60 valence electrons. The fourth-order valence-electron chi connectivity index (χ4n) is 0.517. The quantitative estimate of drug-likeness (QED) is 0.457. The maximum Gasteiger partial charge on any atom is 0.0895 e. The summed E-state index contributed by atoms with van der Waals surface area (Å²) in [6.45, 7) is 6.49. The molecule has 0 rings (SSSR count). The highest BCUT2D eigenvalue weighted by molar-refractivity contribution is 4.90. The molecule has 3 N–H and O–H groups in total. The van der Waals surface area contributed by atoms with Crippen LogP contribution in [0.3, 0.4) is 0 Å². The Balaban J connectivity index is 3.11. The maximum atomic E-state index is 8.83. The Kier molecular flexibility index (Phi) is 5.20. The summed E-state index contributed by atoms with van der Waals surface area (Å²) in [6, 6.07) is 0. The van der Waals surface area contributed by atoms with Crippen molar-refractivity contribution in [3.8, 4) is 0 Å². The molecule has 0 saturated carbocycles. The molecule has 0 amide bonds. The highest BCUT2D eigenvalue weighted by atomic mass is 16.3. The van der Waals surface area contributed by atoms with Crippen LogP contribution in [0.4, 0.5) is 0 Å². The highest BCUT2D eigenvalue weighted by Gasteiger charge is 1.98. The van der Waals surface area contributed by atoms with Crippen LogP contribution in [0, 0.1) is 0 Å². The van der Waals surface area contributed by atoms with Crippen molar-refractivity contribution in [1.29, 1.82) is 0 Å². The van der Waals surface area contributed by atoms with Crippen molar-refractivity contribution in [1.82, 2.24) is 5.32 Å². The van der Waals surface area contributed by atoms with E-state index in [-0.39, 0.29) is 6.61 Å². The van der Waals surface area contributed by atoms with E-state index in [1.54, 1.807) is 0 Å². The Morgan fingerprint density at radius 1 is 1.70 bits per heavy atom. The highest BCUT2D eigenvalue weighted by Crippen LogP contribution is 1.82. The van der Waals surface area contributed by atoms with Crippen molar-refractivity contribution in [2.75, 3.05) is 19.7 Å². The molecular formula is C7H15NO2. The monoisotopic (exact) mass is 145 g/mol. The van der Waals surface area contributed by atoms with Crippen LogP contribution in [0.1, 0.15) is 6.92 Å². The van der Waals surface area contributed by atoms with Gasteiger partial charge in [0.2, 0.25) is 0 Å². The van der Waals surface area contributed by atoms with Crippen molar-refractivity contribution < 1.29 is 10.2 Å². The van der Waals surface area contributed by atoms with Crippen molar-refractivity contribution in [2.45, 2.75) is 13.0 Å². The Morgan fingerprint density at radius 3 is 2.70 bits per heavy atom. The number of aliphatic hydroxyl groups is 2. The van der Waals surface area contributed by atoms with E-state index in [4.69, 9.17) is 10.2 Å². The number of hydrogen-bond donors (Lipinski definition) is 3. The van der Waals surface area contributed by atoms with Crippen LogP contribution in [-0.2, 0) is 0 Å². The molecule has 0 unspecified atom stereocenters. The smallest absolute Gasteiger partial charge is 0.0895 e. The van der Waals surface area contributed by atoms with Crippen LogP contribution in [0.15, 0.2) is 12.2 Å². The van der Waals surface area contributed by atoms with Crippen molar-refractivity contribution in [3.63, 3.8) is 0 Å². The lowest BCUT2D eigenvalue weighted by Gasteiger charge is -2.07. The largest absolute Gasteiger partial charge is 0.394 e. The zero-order valence-corrected chi connectivity index (χ0v) is 6.30. The second-order valence-electron chi connectivity index (χ2n) is 2.42. The summed E-state index contributed by atoms with van der Waals surface area (Å²) in [6.07, 6.45) is -0.653. The Hall–Kier alpha value is -0.380. The number of hydrogen-bond acceptors (Lipinski definition) is 3. The molecule has 10 heavy (non-hydrogen) atoms. The summed E-state index contributed by atoms with van der Waals surface area (Å²) in [4.78, 5) is 0. The topological polar surface area (TPSA) is 52.5 Å². The molecule has 3 nitrogen and oxygen atoms in total. The second-order valence-corrected chi connectivity index (χ2v) is 2.42. The minimum absolute atomic E-state index is 0.191. The summed E-state index contributed by atoms with van der Waals surface area (Å²) in [5.74, 6) is 0. The lowest BCUT2D eigenvalue weighted by molar-refractivity contribution is 0.0952. The third kappa shape index (κ3) is 5.75. The molecule has 0 aromatic heterocycles. The molecule has 0 aliphatic rings. The van der Waals surface area contributed by atoms with E-state index in [1.165, 1.54) is 0 Å². The molecular weight excluding hydrogens is 130 g/mol. The van der Waals surface area contributed by atoms with Crippen molar-refractivity contribution in [3.05, 3.63) is 12.2 Å². The van der Waals surface area contributed by atoms with Gasteiger partial charge in [-0.2, -0.15) is 0 Å². The number of rotatable bonds is 5. The standard InChI is InChI=1S/C7H15NO2/c1-6(2)3-8-4-7(10)5-9/h7-10H,1,3-5H2,2H3/t7-/m0/s1. The lowest BCUT2D eigenvalue weighted by atomic mass is 10.3. The zero-order valence-electron chi connectivity index (χ0n) is 6.30. The first kappa shape index (κ1) is 9.62. The Bertz CT molecular complexity index is 104. The lowest BCUT2D eigenvalue weighted by Crippen LogP contribution is -2.30. The zero-order chi connectivity index (χ0) is 7.98. The van der Waals surface area contributed by atoms with Crippen LogP contribution in [0.25, 0.3) is 0 Å². The number of nitrogens with one attached hydrogen (secondary N) is 1. The van der Waals surface area contributed by atoms with Gasteiger partial charge in [0.15, 0.2) is 0 Å².